The molecule has 1 aromatic heterocycles. The molecule has 2 rings (SSSR count). The lowest BCUT2D eigenvalue weighted by Gasteiger charge is -2.40. The van der Waals surface area contributed by atoms with Gasteiger partial charge in [0.2, 0.25) is 0 Å². The number of nitrogens with zero attached hydrogens (tertiary/aromatic N) is 4. The molecule has 1 saturated heterocycles. The highest BCUT2D eigenvalue weighted by atomic mass is 35.5. The van der Waals surface area contributed by atoms with Crippen LogP contribution in [0.1, 0.15) is 18.9 Å². The third-order valence-electron chi connectivity index (χ3n) is 3.58. The Morgan fingerprint density at radius 3 is 2.89 bits per heavy atom. The van der Waals surface area contributed by atoms with E-state index in [1.54, 1.807) is 0 Å². The van der Waals surface area contributed by atoms with E-state index < -0.39 is 0 Å². The van der Waals surface area contributed by atoms with Crippen LogP contribution in [0.5, 0.6) is 0 Å². The lowest BCUT2D eigenvalue weighted by atomic mass is 10.1. The average molecular weight is 271 g/mol. The van der Waals surface area contributed by atoms with E-state index in [-0.39, 0.29) is 6.61 Å². The van der Waals surface area contributed by atoms with E-state index >= 15 is 0 Å². The number of aliphatic hydroxyl groups excluding tert-OH is 1. The fraction of sp³-hybridized carbons (Fsp3) is 0.667. The summed E-state index contributed by atoms with van der Waals surface area (Å²) in [5.74, 6) is 0.768. The molecule has 0 aliphatic carbocycles. The van der Waals surface area contributed by atoms with Crippen LogP contribution in [-0.2, 0) is 6.61 Å². The number of aromatic nitrogens is 2. The normalized spacial score (nSPS) is 21.3. The first-order valence-electron chi connectivity index (χ1n) is 6.22. The van der Waals surface area contributed by atoms with E-state index in [9.17, 15) is 5.11 Å². The van der Waals surface area contributed by atoms with Gasteiger partial charge in [0.25, 0.3) is 0 Å². The number of piperazine rings is 1. The Kier molecular flexibility index (Phi) is 4.37. The Balaban J connectivity index is 2.24. The molecule has 0 saturated carbocycles. The first-order valence-corrected chi connectivity index (χ1v) is 6.60. The van der Waals surface area contributed by atoms with Crippen molar-refractivity contribution in [2.75, 3.05) is 31.6 Å². The van der Waals surface area contributed by atoms with Crippen LogP contribution in [0, 0.1) is 0 Å². The maximum Gasteiger partial charge on any atom is 0.140 e. The third-order valence-corrected chi connectivity index (χ3v) is 3.90. The summed E-state index contributed by atoms with van der Waals surface area (Å²) in [6.45, 7) is 4.86. The van der Waals surface area contributed by atoms with Crippen molar-refractivity contribution in [2.45, 2.75) is 26.0 Å². The second-order valence-corrected chi connectivity index (χ2v) is 4.97. The first kappa shape index (κ1) is 13.5. The van der Waals surface area contributed by atoms with Gasteiger partial charge in [-0.15, -0.1) is 0 Å². The molecule has 2 heterocycles. The lowest BCUT2D eigenvalue weighted by Crippen LogP contribution is -2.51. The minimum absolute atomic E-state index is 0.127. The van der Waals surface area contributed by atoms with E-state index in [4.69, 9.17) is 11.6 Å². The zero-order chi connectivity index (χ0) is 13.1. The van der Waals surface area contributed by atoms with Gasteiger partial charge in [-0.2, -0.15) is 0 Å². The topological polar surface area (TPSA) is 52.5 Å². The summed E-state index contributed by atoms with van der Waals surface area (Å²) in [6, 6.07) is 0.513. The summed E-state index contributed by atoms with van der Waals surface area (Å²) < 4.78 is 0. The van der Waals surface area contributed by atoms with Crippen molar-refractivity contribution in [3.05, 3.63) is 17.0 Å². The monoisotopic (exact) mass is 270 g/mol. The maximum absolute atomic E-state index is 9.40. The molecule has 1 unspecified atom stereocenters. The second kappa shape index (κ2) is 5.82. The minimum atomic E-state index is -0.127. The average Bonchev–Trinajstić information content (AvgIpc) is 2.39. The quantitative estimate of drug-likeness (QED) is 0.835. The molecule has 1 fully saturated rings. The molecule has 1 aliphatic rings. The molecule has 1 aliphatic heterocycles. The van der Waals surface area contributed by atoms with Gasteiger partial charge in [0.05, 0.1) is 12.2 Å². The molecule has 18 heavy (non-hydrogen) atoms. The fourth-order valence-electron chi connectivity index (χ4n) is 2.37. The van der Waals surface area contributed by atoms with E-state index in [2.05, 4.69) is 33.7 Å². The summed E-state index contributed by atoms with van der Waals surface area (Å²) in [5.41, 5.74) is 0.624. The Morgan fingerprint density at radius 1 is 1.44 bits per heavy atom. The van der Waals surface area contributed by atoms with Crippen LogP contribution < -0.4 is 4.90 Å². The van der Waals surface area contributed by atoms with Gasteiger partial charge in [0.1, 0.15) is 17.3 Å². The van der Waals surface area contributed by atoms with Gasteiger partial charge in [-0.3, -0.25) is 4.90 Å². The van der Waals surface area contributed by atoms with E-state index in [1.165, 1.54) is 6.33 Å². The summed E-state index contributed by atoms with van der Waals surface area (Å²) in [6.07, 6.45) is 2.55. The number of likely N-dealkylation sites (N-methyl/N-ethyl adjacent to an activating group) is 1. The summed E-state index contributed by atoms with van der Waals surface area (Å²) in [7, 11) is 2.14. The molecule has 0 amide bonds. The molecule has 1 aromatic rings. The summed E-state index contributed by atoms with van der Waals surface area (Å²) in [5, 5.41) is 9.75. The highest BCUT2D eigenvalue weighted by Gasteiger charge is 2.25. The molecule has 1 N–H and O–H groups in total. The largest absolute Gasteiger partial charge is 0.391 e. The number of rotatable bonds is 3. The zero-order valence-corrected chi connectivity index (χ0v) is 11.6. The Bertz CT molecular complexity index is 415. The van der Waals surface area contributed by atoms with E-state index in [0.29, 0.717) is 16.8 Å². The van der Waals surface area contributed by atoms with Gasteiger partial charge in [-0.25, -0.2) is 9.97 Å². The van der Waals surface area contributed by atoms with Crippen LogP contribution in [0.3, 0.4) is 0 Å². The van der Waals surface area contributed by atoms with Crippen molar-refractivity contribution in [3.63, 3.8) is 0 Å². The standard InChI is InChI=1S/C12H19ClN4O/c1-3-9-6-17(5-4-16(9)2)12-10(7-18)11(13)14-8-15-12/h8-9,18H,3-7H2,1-2H3. The highest BCUT2D eigenvalue weighted by Crippen LogP contribution is 2.25. The van der Waals surface area contributed by atoms with Crippen LogP contribution in [0.15, 0.2) is 6.33 Å². The second-order valence-electron chi connectivity index (χ2n) is 4.61. The SMILES string of the molecule is CCC1CN(c2ncnc(Cl)c2CO)CCN1C. The van der Waals surface area contributed by atoms with Crippen LogP contribution in [0.25, 0.3) is 0 Å². The van der Waals surface area contributed by atoms with Crippen molar-refractivity contribution in [1.29, 1.82) is 0 Å². The van der Waals surface area contributed by atoms with Crippen molar-refractivity contribution >= 4 is 17.4 Å². The molecular weight excluding hydrogens is 252 g/mol. The third kappa shape index (κ3) is 2.58. The van der Waals surface area contributed by atoms with Crippen molar-refractivity contribution in [1.82, 2.24) is 14.9 Å². The molecule has 0 aromatic carbocycles. The summed E-state index contributed by atoms with van der Waals surface area (Å²) >= 11 is 6.00. The number of halogens is 1. The molecule has 0 radical (unpaired) electrons. The van der Waals surface area contributed by atoms with Gasteiger partial charge in [-0.1, -0.05) is 18.5 Å². The van der Waals surface area contributed by atoms with Gasteiger partial charge < -0.3 is 10.0 Å². The Hall–Kier alpha value is -0.910. The molecule has 6 heteroatoms. The highest BCUT2D eigenvalue weighted by molar-refractivity contribution is 6.30. The van der Waals surface area contributed by atoms with Crippen LogP contribution in [-0.4, -0.2) is 52.7 Å². The Labute approximate surface area is 112 Å². The van der Waals surface area contributed by atoms with Crippen molar-refractivity contribution < 1.29 is 5.11 Å². The lowest BCUT2D eigenvalue weighted by molar-refractivity contribution is 0.212. The smallest absolute Gasteiger partial charge is 0.140 e. The first-order chi connectivity index (χ1) is 8.67. The number of aliphatic hydroxyl groups is 1. The van der Waals surface area contributed by atoms with Gasteiger partial charge in [0.15, 0.2) is 0 Å². The number of anilines is 1. The van der Waals surface area contributed by atoms with Crippen molar-refractivity contribution in [3.8, 4) is 0 Å². The predicted molar refractivity (Wildman–Crippen MR) is 71.9 cm³/mol. The molecule has 1 atom stereocenters. The van der Waals surface area contributed by atoms with Gasteiger partial charge in [-0.05, 0) is 13.5 Å². The molecule has 0 spiro atoms. The zero-order valence-electron chi connectivity index (χ0n) is 10.8. The van der Waals surface area contributed by atoms with Crippen LogP contribution >= 0.6 is 11.6 Å². The molecule has 5 nitrogen and oxygen atoms in total. The fourth-order valence-corrected chi connectivity index (χ4v) is 2.56. The number of hydrogen-bond donors (Lipinski definition) is 1. The maximum atomic E-state index is 9.40. The van der Waals surface area contributed by atoms with Gasteiger partial charge in [0, 0.05) is 25.7 Å². The van der Waals surface area contributed by atoms with Crippen molar-refractivity contribution in [2.24, 2.45) is 0 Å². The van der Waals surface area contributed by atoms with E-state index in [0.717, 1.165) is 31.9 Å². The van der Waals surface area contributed by atoms with E-state index in [1.807, 2.05) is 0 Å². The molecule has 0 bridgehead atoms. The molecule has 100 valence electrons. The van der Waals surface area contributed by atoms with Gasteiger partial charge >= 0.3 is 0 Å². The number of hydrogen-bond acceptors (Lipinski definition) is 5. The Morgan fingerprint density at radius 2 is 2.22 bits per heavy atom. The van der Waals surface area contributed by atoms with Crippen LogP contribution in [0.2, 0.25) is 5.15 Å². The molecular formula is C12H19ClN4O. The summed E-state index contributed by atoms with van der Waals surface area (Å²) in [4.78, 5) is 12.7. The predicted octanol–water partition coefficient (Wildman–Crippen LogP) is 1.15. The minimum Gasteiger partial charge on any atom is -0.391 e. The van der Waals surface area contributed by atoms with Crippen LogP contribution in [0.4, 0.5) is 5.82 Å².